The fraction of sp³-hybridized carbons (Fsp3) is 0.105. The van der Waals surface area contributed by atoms with E-state index in [0.717, 1.165) is 21.8 Å². The summed E-state index contributed by atoms with van der Waals surface area (Å²) in [7, 11) is 0. The molecule has 2 heterocycles. The molecule has 4 rings (SSSR count). The zero-order chi connectivity index (χ0) is 18.1. The summed E-state index contributed by atoms with van der Waals surface area (Å²) in [4.78, 5) is 11.9. The highest BCUT2D eigenvalue weighted by atomic mass is 32.2. The minimum atomic E-state index is -0.439. The van der Waals surface area contributed by atoms with E-state index in [1.165, 1.54) is 17.8 Å². The Morgan fingerprint density at radius 3 is 2.81 bits per heavy atom. The Labute approximate surface area is 153 Å². The molecule has 6 nitrogen and oxygen atoms in total. The fourth-order valence-electron chi connectivity index (χ4n) is 2.77. The average Bonchev–Trinajstić information content (AvgIpc) is 3.12. The second kappa shape index (κ2) is 6.68. The molecule has 2 aromatic heterocycles. The van der Waals surface area contributed by atoms with Gasteiger partial charge in [0.25, 0.3) is 0 Å². The lowest BCUT2D eigenvalue weighted by Crippen LogP contribution is -2.01. The third kappa shape index (κ3) is 2.97. The maximum Gasteiger partial charge on any atom is 0.336 e. The monoisotopic (exact) mass is 365 g/mol. The summed E-state index contributed by atoms with van der Waals surface area (Å²) in [5.41, 5.74) is 2.33. The number of benzene rings is 2. The van der Waals surface area contributed by atoms with E-state index in [9.17, 15) is 9.90 Å². The van der Waals surface area contributed by atoms with Gasteiger partial charge in [-0.1, -0.05) is 30.0 Å². The van der Waals surface area contributed by atoms with Gasteiger partial charge in [-0.05, 0) is 36.8 Å². The SMILES string of the molecule is Cc1c(O)ccc2c(CSc3nncn3-c3ccccc3)cc(=O)oc12. The van der Waals surface area contributed by atoms with Gasteiger partial charge in [-0.25, -0.2) is 4.79 Å². The number of thioether (sulfide) groups is 1. The number of rotatable bonds is 4. The first-order valence-electron chi connectivity index (χ1n) is 7.97. The molecule has 7 heteroatoms. The zero-order valence-corrected chi connectivity index (χ0v) is 14.7. The molecule has 2 aromatic carbocycles. The van der Waals surface area contributed by atoms with Crippen molar-refractivity contribution in [1.29, 1.82) is 0 Å². The Balaban J connectivity index is 1.69. The molecule has 0 aliphatic heterocycles. The van der Waals surface area contributed by atoms with E-state index in [-0.39, 0.29) is 5.75 Å². The number of hydrogen-bond acceptors (Lipinski definition) is 6. The number of phenols is 1. The van der Waals surface area contributed by atoms with Crippen LogP contribution in [0.25, 0.3) is 16.7 Å². The van der Waals surface area contributed by atoms with Crippen LogP contribution in [0.4, 0.5) is 0 Å². The third-order valence-corrected chi connectivity index (χ3v) is 5.12. The molecule has 1 N–H and O–H groups in total. The fourth-order valence-corrected chi connectivity index (χ4v) is 3.69. The van der Waals surface area contributed by atoms with Crippen molar-refractivity contribution in [2.45, 2.75) is 17.8 Å². The lowest BCUT2D eigenvalue weighted by atomic mass is 10.1. The van der Waals surface area contributed by atoms with E-state index in [0.29, 0.717) is 16.9 Å². The summed E-state index contributed by atoms with van der Waals surface area (Å²) >= 11 is 1.48. The van der Waals surface area contributed by atoms with Crippen LogP contribution in [-0.2, 0) is 5.75 Å². The number of aromatic hydroxyl groups is 1. The number of aryl methyl sites for hydroxylation is 1. The van der Waals surface area contributed by atoms with Crippen LogP contribution < -0.4 is 5.63 Å². The summed E-state index contributed by atoms with van der Waals surface area (Å²) < 4.78 is 7.18. The highest BCUT2D eigenvalue weighted by molar-refractivity contribution is 7.98. The molecule has 0 saturated heterocycles. The summed E-state index contributed by atoms with van der Waals surface area (Å²) in [6, 6.07) is 14.7. The Morgan fingerprint density at radius 2 is 2.00 bits per heavy atom. The van der Waals surface area contributed by atoms with Gasteiger partial charge in [-0.15, -0.1) is 10.2 Å². The quantitative estimate of drug-likeness (QED) is 0.439. The van der Waals surface area contributed by atoms with Gasteiger partial charge >= 0.3 is 5.63 Å². The minimum absolute atomic E-state index is 0.106. The molecule has 26 heavy (non-hydrogen) atoms. The van der Waals surface area contributed by atoms with Gasteiger partial charge in [0.15, 0.2) is 5.16 Å². The van der Waals surface area contributed by atoms with Crippen molar-refractivity contribution in [2.24, 2.45) is 0 Å². The maximum absolute atomic E-state index is 11.9. The van der Waals surface area contributed by atoms with Crippen molar-refractivity contribution < 1.29 is 9.52 Å². The first-order chi connectivity index (χ1) is 12.6. The van der Waals surface area contributed by atoms with Crippen LogP contribution in [0.1, 0.15) is 11.1 Å². The molecule has 0 unspecified atom stereocenters. The van der Waals surface area contributed by atoms with Crippen LogP contribution in [0.5, 0.6) is 5.75 Å². The number of aromatic nitrogens is 3. The Hall–Kier alpha value is -3.06. The second-order valence-corrected chi connectivity index (χ2v) is 6.73. The normalized spacial score (nSPS) is 11.1. The van der Waals surface area contributed by atoms with E-state index in [1.807, 2.05) is 34.9 Å². The predicted molar refractivity (Wildman–Crippen MR) is 99.8 cm³/mol. The van der Waals surface area contributed by atoms with Gasteiger partial charge in [0.2, 0.25) is 0 Å². The van der Waals surface area contributed by atoms with Crippen molar-refractivity contribution in [2.75, 3.05) is 0 Å². The van der Waals surface area contributed by atoms with Gasteiger partial charge in [-0.3, -0.25) is 4.57 Å². The highest BCUT2D eigenvalue weighted by Crippen LogP contribution is 2.30. The van der Waals surface area contributed by atoms with Crippen LogP contribution in [0.15, 0.2) is 69.2 Å². The summed E-state index contributed by atoms with van der Waals surface area (Å²) in [6.07, 6.45) is 1.66. The van der Waals surface area contributed by atoms with E-state index in [4.69, 9.17) is 4.42 Å². The standard InChI is InChI=1S/C19H15N3O3S/c1-12-16(23)8-7-15-13(9-17(24)25-18(12)15)10-26-19-21-20-11-22(19)14-5-3-2-4-6-14/h2-9,11,23H,10H2,1H3. The average molecular weight is 365 g/mol. The smallest absolute Gasteiger partial charge is 0.336 e. The number of phenolic OH excluding ortho intramolecular Hbond substituents is 1. The van der Waals surface area contributed by atoms with Crippen LogP contribution in [0.3, 0.4) is 0 Å². The largest absolute Gasteiger partial charge is 0.508 e. The highest BCUT2D eigenvalue weighted by Gasteiger charge is 2.13. The molecule has 0 saturated carbocycles. The van der Waals surface area contributed by atoms with Gasteiger partial charge in [-0.2, -0.15) is 0 Å². The summed E-state index contributed by atoms with van der Waals surface area (Å²) in [5.74, 6) is 0.631. The van der Waals surface area contributed by atoms with Gasteiger partial charge in [0, 0.05) is 28.5 Å². The van der Waals surface area contributed by atoms with Crippen LogP contribution in [-0.4, -0.2) is 19.9 Å². The summed E-state index contributed by atoms with van der Waals surface area (Å²) in [5, 5.41) is 19.6. The lowest BCUT2D eigenvalue weighted by Gasteiger charge is -2.09. The first-order valence-corrected chi connectivity index (χ1v) is 8.95. The van der Waals surface area contributed by atoms with E-state index in [2.05, 4.69) is 10.2 Å². The topological polar surface area (TPSA) is 81.2 Å². The van der Waals surface area contributed by atoms with Crippen molar-refractivity contribution >= 4 is 22.7 Å². The summed E-state index contributed by atoms with van der Waals surface area (Å²) in [6.45, 7) is 1.73. The van der Waals surface area contributed by atoms with Crippen LogP contribution in [0, 0.1) is 6.92 Å². The molecule has 4 aromatic rings. The maximum atomic E-state index is 11.9. The molecule has 0 fully saturated rings. The third-order valence-electron chi connectivity index (χ3n) is 4.13. The minimum Gasteiger partial charge on any atom is -0.508 e. The molecule has 0 radical (unpaired) electrons. The number of fused-ring (bicyclic) bond motifs is 1. The molecule has 0 atom stereocenters. The molecule has 130 valence electrons. The van der Waals surface area contributed by atoms with Crippen molar-refractivity contribution in [3.8, 4) is 11.4 Å². The number of hydrogen-bond donors (Lipinski definition) is 1. The predicted octanol–water partition coefficient (Wildman–Crippen LogP) is 3.68. The molecular weight excluding hydrogens is 350 g/mol. The zero-order valence-electron chi connectivity index (χ0n) is 13.9. The number of nitrogens with zero attached hydrogens (tertiary/aromatic N) is 3. The molecule has 0 spiro atoms. The van der Waals surface area contributed by atoms with E-state index < -0.39 is 5.63 Å². The Bertz CT molecular complexity index is 1140. The molecule has 0 bridgehead atoms. The first kappa shape index (κ1) is 16.4. The van der Waals surface area contributed by atoms with Gasteiger partial charge in [0.05, 0.1) is 0 Å². The second-order valence-electron chi connectivity index (χ2n) is 5.78. The number of para-hydroxylation sites is 1. The van der Waals surface area contributed by atoms with Crippen LogP contribution in [0.2, 0.25) is 0 Å². The molecular formula is C19H15N3O3S. The van der Waals surface area contributed by atoms with Crippen molar-refractivity contribution in [1.82, 2.24) is 14.8 Å². The van der Waals surface area contributed by atoms with Crippen molar-refractivity contribution in [3.63, 3.8) is 0 Å². The van der Waals surface area contributed by atoms with Gasteiger partial charge < -0.3 is 9.52 Å². The molecule has 0 aliphatic carbocycles. The van der Waals surface area contributed by atoms with Gasteiger partial charge in [0.1, 0.15) is 17.7 Å². The molecule has 0 aliphatic rings. The molecule has 0 amide bonds. The van der Waals surface area contributed by atoms with Crippen LogP contribution >= 0.6 is 11.8 Å². The Kier molecular flexibility index (Phi) is 4.22. The van der Waals surface area contributed by atoms with E-state index >= 15 is 0 Å². The van der Waals surface area contributed by atoms with E-state index in [1.54, 1.807) is 25.4 Å². The Morgan fingerprint density at radius 1 is 1.19 bits per heavy atom. The lowest BCUT2D eigenvalue weighted by molar-refractivity contribution is 0.468. The van der Waals surface area contributed by atoms with Crippen molar-refractivity contribution in [3.05, 3.63) is 76.4 Å².